The molecule has 2 atom stereocenters. The lowest BCUT2D eigenvalue weighted by Crippen LogP contribution is -2.65. The number of ether oxygens (including phenoxy) is 1. The van der Waals surface area contributed by atoms with Crippen LogP contribution in [-0.2, 0) is 9.59 Å². The normalized spacial score (nSPS) is 23.3. The number of benzene rings is 1. The Morgan fingerprint density at radius 2 is 1.72 bits per heavy atom. The molecule has 0 N–H and O–H groups in total. The van der Waals surface area contributed by atoms with E-state index in [-0.39, 0.29) is 31.1 Å². The minimum atomic E-state index is -4.60. The van der Waals surface area contributed by atoms with Gasteiger partial charge in [0.25, 0.3) is 5.91 Å². The highest BCUT2D eigenvalue weighted by atomic mass is 19.4. The van der Waals surface area contributed by atoms with Gasteiger partial charge in [0.2, 0.25) is 5.91 Å². The monoisotopic (exact) mass is 540 g/mol. The zero-order valence-corrected chi connectivity index (χ0v) is 22.2. The number of nitrogens with zero attached hydrogens (tertiary/aromatic N) is 4. The van der Waals surface area contributed by atoms with Crippen molar-refractivity contribution < 1.29 is 27.5 Å². The van der Waals surface area contributed by atoms with Gasteiger partial charge in [-0.25, -0.2) is 0 Å². The van der Waals surface area contributed by atoms with Gasteiger partial charge in [-0.15, -0.1) is 0 Å². The van der Waals surface area contributed by atoms with Crippen LogP contribution in [0.3, 0.4) is 0 Å². The topological polar surface area (TPSA) is 86.5 Å². The standard InChI is InChI=1S/C29H31F3N4O3/c1-27(2)26(38)35(22-9-12-28(3,19-33)24(17-22)29(30,31)32)18-25(37)36(27)15-4-16-39-23-7-5-20(6-8-23)21-10-13-34-14-11-21/h5-11,13-14,24H,4,12,15-18H2,1-3H3/t24-,28?/m0/s1. The molecule has 0 radical (unpaired) electrons. The van der Waals surface area contributed by atoms with Crippen molar-refractivity contribution in [1.82, 2.24) is 14.8 Å². The van der Waals surface area contributed by atoms with Crippen LogP contribution in [0.2, 0.25) is 0 Å². The predicted molar refractivity (Wildman–Crippen MR) is 138 cm³/mol. The summed E-state index contributed by atoms with van der Waals surface area (Å²) in [5.41, 5.74) is -0.648. The molecule has 0 saturated carbocycles. The van der Waals surface area contributed by atoms with Gasteiger partial charge in [-0.1, -0.05) is 18.2 Å². The highest BCUT2D eigenvalue weighted by Gasteiger charge is 2.55. The molecule has 0 bridgehead atoms. The van der Waals surface area contributed by atoms with Crippen molar-refractivity contribution in [2.75, 3.05) is 19.7 Å². The summed E-state index contributed by atoms with van der Waals surface area (Å²) < 4.78 is 47.1. The lowest BCUT2D eigenvalue weighted by Gasteiger charge is -2.48. The number of carbonyl (C=O) groups is 2. The molecule has 39 heavy (non-hydrogen) atoms. The number of amides is 2. The molecule has 2 aromatic rings. The van der Waals surface area contributed by atoms with Gasteiger partial charge in [0.15, 0.2) is 0 Å². The van der Waals surface area contributed by atoms with E-state index in [2.05, 4.69) is 4.98 Å². The maximum Gasteiger partial charge on any atom is 0.393 e. The maximum atomic E-state index is 13.8. The van der Waals surface area contributed by atoms with Crippen LogP contribution in [0.1, 0.15) is 40.0 Å². The van der Waals surface area contributed by atoms with Gasteiger partial charge in [-0.3, -0.25) is 14.6 Å². The number of piperazine rings is 1. The average molecular weight is 541 g/mol. The van der Waals surface area contributed by atoms with Crippen LogP contribution in [0.4, 0.5) is 13.2 Å². The molecule has 206 valence electrons. The third-order valence-electron chi connectivity index (χ3n) is 7.64. The Morgan fingerprint density at radius 3 is 2.33 bits per heavy atom. The number of allylic oxidation sites excluding steroid dienone is 2. The first-order valence-corrected chi connectivity index (χ1v) is 12.8. The molecule has 0 spiro atoms. The molecule has 1 aromatic heterocycles. The molecule has 10 heteroatoms. The summed E-state index contributed by atoms with van der Waals surface area (Å²) in [7, 11) is 0. The van der Waals surface area contributed by atoms with E-state index < -0.39 is 35.4 Å². The van der Waals surface area contributed by atoms with E-state index in [9.17, 15) is 28.0 Å². The van der Waals surface area contributed by atoms with Gasteiger partial charge >= 0.3 is 6.18 Å². The number of nitriles is 1. The van der Waals surface area contributed by atoms with Crippen LogP contribution in [0, 0.1) is 22.7 Å². The lowest BCUT2D eigenvalue weighted by molar-refractivity contribution is -0.200. The lowest BCUT2D eigenvalue weighted by atomic mass is 9.69. The molecule has 1 aromatic carbocycles. The Morgan fingerprint density at radius 1 is 1.08 bits per heavy atom. The fourth-order valence-corrected chi connectivity index (χ4v) is 5.20. The van der Waals surface area contributed by atoms with E-state index in [4.69, 9.17) is 4.74 Å². The van der Waals surface area contributed by atoms with Gasteiger partial charge in [-0.2, -0.15) is 18.4 Å². The molecule has 1 aliphatic heterocycles. The number of hydrogen-bond acceptors (Lipinski definition) is 5. The Kier molecular flexibility index (Phi) is 7.73. The van der Waals surface area contributed by atoms with E-state index in [0.29, 0.717) is 18.8 Å². The number of aromatic nitrogens is 1. The van der Waals surface area contributed by atoms with Gasteiger partial charge in [0.1, 0.15) is 17.8 Å². The fourth-order valence-electron chi connectivity index (χ4n) is 5.20. The summed E-state index contributed by atoms with van der Waals surface area (Å²) in [5.74, 6) is -2.04. The van der Waals surface area contributed by atoms with Crippen molar-refractivity contribution in [2.24, 2.45) is 11.3 Å². The number of pyridine rings is 1. The van der Waals surface area contributed by atoms with Crippen LogP contribution in [0.5, 0.6) is 5.75 Å². The van der Waals surface area contributed by atoms with Gasteiger partial charge < -0.3 is 14.5 Å². The summed E-state index contributed by atoms with van der Waals surface area (Å²) in [6.07, 6.45) is 0.145. The molecule has 7 nitrogen and oxygen atoms in total. The Labute approximate surface area is 225 Å². The molecule has 2 heterocycles. The van der Waals surface area contributed by atoms with Crippen LogP contribution < -0.4 is 4.74 Å². The Balaban J connectivity index is 1.36. The van der Waals surface area contributed by atoms with Crippen LogP contribution >= 0.6 is 0 Å². The largest absolute Gasteiger partial charge is 0.494 e. The third kappa shape index (κ3) is 5.77. The molecule has 1 fully saturated rings. The molecule has 2 amide bonds. The highest BCUT2D eigenvalue weighted by Crippen LogP contribution is 2.49. The minimum absolute atomic E-state index is 0.147. The smallest absolute Gasteiger partial charge is 0.393 e. The van der Waals surface area contributed by atoms with Gasteiger partial charge in [0.05, 0.1) is 24.0 Å². The van der Waals surface area contributed by atoms with Crippen molar-refractivity contribution in [3.05, 3.63) is 60.6 Å². The van der Waals surface area contributed by atoms with E-state index in [1.54, 1.807) is 32.3 Å². The van der Waals surface area contributed by atoms with E-state index >= 15 is 0 Å². The highest BCUT2D eigenvalue weighted by molar-refractivity contribution is 5.98. The third-order valence-corrected chi connectivity index (χ3v) is 7.64. The zero-order valence-electron chi connectivity index (χ0n) is 22.2. The summed E-state index contributed by atoms with van der Waals surface area (Å²) >= 11 is 0. The SMILES string of the molecule is CC1(C#N)CC=C(N2CC(=O)N(CCCOc3ccc(-c4ccncc4)cc3)C(C)(C)C2=O)C[C@@H]1C(F)(F)F. The first kappa shape index (κ1) is 28.1. The molecule has 4 rings (SSSR count). The van der Waals surface area contributed by atoms with Crippen molar-refractivity contribution >= 4 is 11.8 Å². The maximum absolute atomic E-state index is 13.8. The summed E-state index contributed by atoms with van der Waals surface area (Å²) in [6.45, 7) is 4.73. The van der Waals surface area contributed by atoms with Crippen LogP contribution in [0.25, 0.3) is 11.1 Å². The van der Waals surface area contributed by atoms with Crippen molar-refractivity contribution in [1.29, 1.82) is 5.26 Å². The summed E-state index contributed by atoms with van der Waals surface area (Å²) in [4.78, 5) is 33.1. The zero-order chi connectivity index (χ0) is 28.4. The Hall–Kier alpha value is -3.87. The number of halogens is 3. The summed E-state index contributed by atoms with van der Waals surface area (Å²) in [6, 6.07) is 13.2. The second-order valence-corrected chi connectivity index (χ2v) is 10.7. The average Bonchev–Trinajstić information content (AvgIpc) is 2.91. The minimum Gasteiger partial charge on any atom is -0.494 e. The quantitative estimate of drug-likeness (QED) is 0.442. The predicted octanol–water partition coefficient (Wildman–Crippen LogP) is 5.35. The van der Waals surface area contributed by atoms with Gasteiger partial charge in [0, 0.05) is 31.1 Å². The second kappa shape index (κ2) is 10.7. The Bertz CT molecular complexity index is 1290. The van der Waals surface area contributed by atoms with E-state index in [0.717, 1.165) is 16.0 Å². The molecule has 2 aliphatic rings. The van der Waals surface area contributed by atoms with Crippen molar-refractivity contribution in [3.63, 3.8) is 0 Å². The van der Waals surface area contributed by atoms with Crippen LogP contribution in [0.15, 0.2) is 60.6 Å². The molecule has 1 saturated heterocycles. The number of rotatable bonds is 7. The molecular formula is C29H31F3N4O3. The van der Waals surface area contributed by atoms with Crippen LogP contribution in [-0.4, -0.2) is 58.0 Å². The molecular weight excluding hydrogens is 509 g/mol. The first-order valence-electron chi connectivity index (χ1n) is 12.8. The fraction of sp³-hybridized carbons (Fsp3) is 0.448. The molecule has 1 aliphatic carbocycles. The number of alkyl halides is 3. The van der Waals surface area contributed by atoms with Gasteiger partial charge in [-0.05, 0) is 69.0 Å². The number of carbonyl (C=O) groups excluding carboxylic acids is 2. The van der Waals surface area contributed by atoms with Crippen molar-refractivity contribution in [2.45, 2.75) is 51.7 Å². The first-order chi connectivity index (χ1) is 18.4. The molecule has 1 unspecified atom stereocenters. The second-order valence-electron chi connectivity index (χ2n) is 10.7. The summed E-state index contributed by atoms with van der Waals surface area (Å²) in [5, 5.41) is 9.39. The van der Waals surface area contributed by atoms with E-state index in [1.807, 2.05) is 36.4 Å². The van der Waals surface area contributed by atoms with E-state index in [1.165, 1.54) is 17.9 Å². The van der Waals surface area contributed by atoms with Crippen molar-refractivity contribution in [3.8, 4) is 22.9 Å². The number of hydrogen-bond donors (Lipinski definition) is 0.